The summed E-state index contributed by atoms with van der Waals surface area (Å²) in [5.41, 5.74) is 0.561. The van der Waals surface area contributed by atoms with Gasteiger partial charge in [-0.1, -0.05) is 18.6 Å². The second-order valence-corrected chi connectivity index (χ2v) is 8.60. The van der Waals surface area contributed by atoms with Gasteiger partial charge in [-0.15, -0.1) is 0 Å². The molecule has 0 spiro atoms. The van der Waals surface area contributed by atoms with E-state index >= 15 is 0 Å². The number of halogens is 4. The van der Waals surface area contributed by atoms with Crippen LogP contribution in [0.3, 0.4) is 0 Å². The largest absolute Gasteiger partial charge is 0.362 e. The molecule has 7 nitrogen and oxygen atoms in total. The first-order valence-corrected chi connectivity index (χ1v) is 11.1. The number of hydrogen-bond acceptors (Lipinski definition) is 6. The second kappa shape index (κ2) is 9.82. The smallest absolute Gasteiger partial charge is 0.294 e. The monoisotopic (exact) mass is 495 g/mol. The Bertz CT molecular complexity index is 1160. The normalized spacial score (nSPS) is 21.3. The topological polar surface area (TPSA) is 76.9 Å². The first kappa shape index (κ1) is 24.9. The van der Waals surface area contributed by atoms with Crippen LogP contribution < -0.4 is 5.32 Å². The van der Waals surface area contributed by atoms with Crippen molar-refractivity contribution in [1.29, 1.82) is 0 Å². The number of rotatable bonds is 8. The summed E-state index contributed by atoms with van der Waals surface area (Å²) in [6.45, 7) is -0.0505. The van der Waals surface area contributed by atoms with Crippen LogP contribution in [0.4, 0.5) is 17.6 Å². The zero-order chi connectivity index (χ0) is 25.3. The van der Waals surface area contributed by atoms with Crippen molar-refractivity contribution in [2.24, 2.45) is 5.92 Å². The van der Waals surface area contributed by atoms with Gasteiger partial charge in [-0.3, -0.25) is 10.1 Å². The summed E-state index contributed by atoms with van der Waals surface area (Å²) in [5, 5.41) is 15.4. The molecule has 2 bridgehead atoms. The lowest BCUT2D eigenvalue weighted by Crippen LogP contribution is -2.66. The first-order chi connectivity index (χ1) is 16.7. The Morgan fingerprint density at radius 2 is 1.60 bits per heavy atom. The number of benzene rings is 2. The Hall–Kier alpha value is -3.18. The standard InChI is InChI=1S/C24H25F4N3O4/c1-34-24(35-2)16-4-3-5-21(24)30(13-15-7-9-18(26)20(28)11-15)23(22(16)31(32)33)29-12-14-6-8-17(25)19(27)10-14/h6-11,16,21,29H,3-5,12-13H2,1-2H3. The number of nitrogens with one attached hydrogen (secondary N) is 1. The van der Waals surface area contributed by atoms with Crippen LogP contribution in [0, 0.1) is 39.3 Å². The van der Waals surface area contributed by atoms with Gasteiger partial charge in [0, 0.05) is 27.3 Å². The second-order valence-electron chi connectivity index (χ2n) is 8.60. The van der Waals surface area contributed by atoms with Crippen molar-refractivity contribution >= 4 is 0 Å². The third-order valence-corrected chi connectivity index (χ3v) is 6.77. The van der Waals surface area contributed by atoms with E-state index in [0.717, 1.165) is 24.3 Å². The minimum Gasteiger partial charge on any atom is -0.362 e. The maximum Gasteiger partial charge on any atom is 0.294 e. The van der Waals surface area contributed by atoms with Crippen LogP contribution in [0.5, 0.6) is 0 Å². The Morgan fingerprint density at radius 1 is 1.00 bits per heavy atom. The molecule has 1 N–H and O–H groups in total. The fraction of sp³-hybridized carbons (Fsp3) is 0.417. The Morgan fingerprint density at radius 3 is 2.17 bits per heavy atom. The van der Waals surface area contributed by atoms with E-state index in [4.69, 9.17) is 9.47 Å². The zero-order valence-electron chi connectivity index (χ0n) is 19.2. The van der Waals surface area contributed by atoms with E-state index in [0.29, 0.717) is 30.4 Å². The maximum atomic E-state index is 14.0. The van der Waals surface area contributed by atoms with Gasteiger partial charge >= 0.3 is 0 Å². The number of ether oxygens (including phenoxy) is 2. The van der Waals surface area contributed by atoms with Crippen molar-refractivity contribution in [1.82, 2.24) is 10.2 Å². The summed E-state index contributed by atoms with van der Waals surface area (Å²) in [5.74, 6) is -6.01. The molecule has 0 amide bonds. The summed E-state index contributed by atoms with van der Waals surface area (Å²) in [6.07, 6.45) is 1.65. The molecule has 0 saturated heterocycles. The summed E-state index contributed by atoms with van der Waals surface area (Å²) in [4.78, 5) is 13.5. The van der Waals surface area contributed by atoms with Gasteiger partial charge in [-0.2, -0.15) is 0 Å². The minimum atomic E-state index is -1.34. The molecule has 0 aromatic heterocycles. The molecule has 4 rings (SSSR count). The van der Waals surface area contributed by atoms with E-state index in [2.05, 4.69) is 5.32 Å². The number of hydrogen-bond donors (Lipinski definition) is 1. The van der Waals surface area contributed by atoms with Crippen LogP contribution in [-0.2, 0) is 22.6 Å². The highest BCUT2D eigenvalue weighted by Crippen LogP contribution is 2.49. The lowest BCUT2D eigenvalue weighted by molar-refractivity contribution is -0.456. The van der Waals surface area contributed by atoms with E-state index < -0.39 is 45.9 Å². The van der Waals surface area contributed by atoms with Crippen LogP contribution in [0.25, 0.3) is 0 Å². The molecule has 2 unspecified atom stereocenters. The molecule has 1 heterocycles. The van der Waals surface area contributed by atoms with E-state index in [-0.39, 0.29) is 24.6 Å². The van der Waals surface area contributed by atoms with Crippen molar-refractivity contribution < 1.29 is 32.0 Å². The number of methoxy groups -OCH3 is 2. The van der Waals surface area contributed by atoms with Crippen LogP contribution in [-0.4, -0.2) is 35.9 Å². The van der Waals surface area contributed by atoms with Gasteiger partial charge in [0.05, 0.1) is 11.0 Å². The zero-order valence-corrected chi connectivity index (χ0v) is 19.2. The average Bonchev–Trinajstić information content (AvgIpc) is 2.83. The summed E-state index contributed by atoms with van der Waals surface area (Å²) in [6, 6.07) is 6.27. The molecule has 188 valence electrons. The summed E-state index contributed by atoms with van der Waals surface area (Å²) in [7, 11) is 2.84. The number of fused-ring (bicyclic) bond motifs is 2. The molecule has 2 aromatic rings. The molecular formula is C24H25F4N3O4. The summed E-state index contributed by atoms with van der Waals surface area (Å²) < 4.78 is 66.1. The van der Waals surface area contributed by atoms with E-state index in [1.54, 1.807) is 4.90 Å². The Labute approximate surface area is 199 Å². The maximum absolute atomic E-state index is 14.0. The minimum absolute atomic E-state index is 0.0134. The van der Waals surface area contributed by atoms with Crippen LogP contribution in [0.15, 0.2) is 47.9 Å². The molecule has 2 aromatic carbocycles. The van der Waals surface area contributed by atoms with Gasteiger partial charge in [0.1, 0.15) is 5.92 Å². The molecule has 1 aliphatic heterocycles. The van der Waals surface area contributed by atoms with Crippen LogP contribution in [0.1, 0.15) is 30.4 Å². The third-order valence-electron chi connectivity index (χ3n) is 6.77. The number of nitrogens with zero attached hydrogens (tertiary/aromatic N) is 2. The quantitative estimate of drug-likeness (QED) is 0.252. The highest BCUT2D eigenvalue weighted by Gasteiger charge is 2.61. The molecule has 11 heteroatoms. The highest BCUT2D eigenvalue weighted by molar-refractivity contribution is 5.27. The van der Waals surface area contributed by atoms with Gasteiger partial charge in [-0.05, 0) is 48.2 Å². The fourth-order valence-corrected chi connectivity index (χ4v) is 5.22. The van der Waals surface area contributed by atoms with E-state index in [1.165, 1.54) is 26.4 Å². The van der Waals surface area contributed by atoms with Crippen LogP contribution >= 0.6 is 0 Å². The molecule has 1 saturated carbocycles. The van der Waals surface area contributed by atoms with Gasteiger partial charge in [0.2, 0.25) is 5.79 Å². The first-order valence-electron chi connectivity index (χ1n) is 11.1. The van der Waals surface area contributed by atoms with E-state index in [9.17, 15) is 27.7 Å². The van der Waals surface area contributed by atoms with E-state index in [1.807, 2.05) is 0 Å². The van der Waals surface area contributed by atoms with Crippen molar-refractivity contribution in [3.05, 3.63) is 92.4 Å². The lowest BCUT2D eigenvalue weighted by Gasteiger charge is -2.54. The average molecular weight is 495 g/mol. The van der Waals surface area contributed by atoms with Crippen LogP contribution in [0.2, 0.25) is 0 Å². The molecule has 2 atom stereocenters. The van der Waals surface area contributed by atoms with Crippen molar-refractivity contribution in [3.8, 4) is 0 Å². The summed E-state index contributed by atoms with van der Waals surface area (Å²) >= 11 is 0. The van der Waals surface area contributed by atoms with Gasteiger partial charge in [-0.25, -0.2) is 17.6 Å². The van der Waals surface area contributed by atoms with Crippen molar-refractivity contribution in [2.75, 3.05) is 14.2 Å². The Kier molecular flexibility index (Phi) is 7.00. The van der Waals surface area contributed by atoms with Gasteiger partial charge in [0.15, 0.2) is 29.1 Å². The Balaban J connectivity index is 1.80. The fourth-order valence-electron chi connectivity index (χ4n) is 5.22. The molecule has 0 radical (unpaired) electrons. The van der Waals surface area contributed by atoms with Crippen molar-refractivity contribution in [2.45, 2.75) is 44.2 Å². The molecule has 1 aliphatic carbocycles. The van der Waals surface area contributed by atoms with Gasteiger partial charge < -0.3 is 19.7 Å². The lowest BCUT2D eigenvalue weighted by atomic mass is 9.74. The predicted molar refractivity (Wildman–Crippen MR) is 117 cm³/mol. The molecule has 2 aliphatic rings. The number of nitro groups is 1. The molecular weight excluding hydrogens is 470 g/mol. The van der Waals surface area contributed by atoms with Gasteiger partial charge in [0.25, 0.3) is 5.70 Å². The molecule has 35 heavy (non-hydrogen) atoms. The third kappa shape index (κ3) is 4.45. The SMILES string of the molecule is COC1(OC)C2CCCC1N(Cc1ccc(F)c(F)c1)C(NCc1ccc(F)c(F)c1)=C2[N+](=O)[O-]. The predicted octanol–water partition coefficient (Wildman–Crippen LogP) is 4.45. The van der Waals surface area contributed by atoms with Crippen molar-refractivity contribution in [3.63, 3.8) is 0 Å². The highest BCUT2D eigenvalue weighted by atomic mass is 19.2. The molecule has 1 fully saturated rings.